The highest BCUT2D eigenvalue weighted by molar-refractivity contribution is 7.89. The number of rotatable bonds is 6. The van der Waals surface area contributed by atoms with Crippen LogP contribution in [0, 0.1) is 12.7 Å². The fourth-order valence-corrected chi connectivity index (χ4v) is 4.58. The third kappa shape index (κ3) is 4.59. The lowest BCUT2D eigenvalue weighted by Crippen LogP contribution is -2.49. The molecule has 0 aliphatic carbocycles. The van der Waals surface area contributed by atoms with Crippen LogP contribution in [0.3, 0.4) is 0 Å². The van der Waals surface area contributed by atoms with Gasteiger partial charge in [-0.05, 0) is 32.0 Å². The molecule has 2 heterocycles. The Hall–Kier alpha value is -2.46. The zero-order valence-corrected chi connectivity index (χ0v) is 17.9. The monoisotopic (exact) mass is 423 g/mol. The molecule has 1 aromatic carbocycles. The van der Waals surface area contributed by atoms with Crippen molar-refractivity contribution in [2.45, 2.75) is 18.7 Å². The predicted octanol–water partition coefficient (Wildman–Crippen LogP) is 1.90. The summed E-state index contributed by atoms with van der Waals surface area (Å²) in [4.78, 5) is 12.7. The summed E-state index contributed by atoms with van der Waals surface area (Å²) in [5, 5.41) is 0. The van der Waals surface area contributed by atoms with Crippen LogP contribution >= 0.6 is 0 Å². The molecule has 0 saturated carbocycles. The molecule has 1 fully saturated rings. The third-order valence-electron chi connectivity index (χ3n) is 4.67. The number of ether oxygens (including phenoxy) is 1. The van der Waals surface area contributed by atoms with E-state index in [0.29, 0.717) is 25.5 Å². The van der Waals surface area contributed by atoms with Gasteiger partial charge in [0, 0.05) is 46.3 Å². The van der Waals surface area contributed by atoms with Gasteiger partial charge in [-0.3, -0.25) is 0 Å². The second-order valence-corrected chi connectivity index (χ2v) is 8.88. The van der Waals surface area contributed by atoms with Crippen LogP contribution in [-0.2, 0) is 10.0 Å². The van der Waals surface area contributed by atoms with Crippen molar-refractivity contribution < 1.29 is 17.5 Å². The quantitative estimate of drug-likeness (QED) is 0.702. The average Bonchev–Trinajstić information content (AvgIpc) is 2.69. The van der Waals surface area contributed by atoms with Crippen molar-refractivity contribution in [3.05, 3.63) is 35.9 Å². The number of aromatic nitrogens is 2. The Kier molecular flexibility index (Phi) is 6.23. The largest absolute Gasteiger partial charge is 0.491 e. The summed E-state index contributed by atoms with van der Waals surface area (Å²) in [6.07, 6.45) is 0. The molecule has 0 unspecified atom stereocenters. The summed E-state index contributed by atoms with van der Waals surface area (Å²) in [7, 11) is 0.0360. The summed E-state index contributed by atoms with van der Waals surface area (Å²) >= 11 is 0. The van der Waals surface area contributed by atoms with Crippen molar-refractivity contribution in [3.8, 4) is 5.75 Å². The smallest absolute Gasteiger partial charge is 0.243 e. The number of hydrogen-bond donors (Lipinski definition) is 0. The van der Waals surface area contributed by atoms with E-state index < -0.39 is 15.8 Å². The molecule has 0 amide bonds. The number of hydrogen-bond acceptors (Lipinski definition) is 7. The van der Waals surface area contributed by atoms with Crippen LogP contribution in [0.1, 0.15) is 12.7 Å². The van der Waals surface area contributed by atoms with Crippen LogP contribution in [-0.4, -0.2) is 69.6 Å². The van der Waals surface area contributed by atoms with Gasteiger partial charge in [0.15, 0.2) is 11.6 Å². The van der Waals surface area contributed by atoms with Crippen LogP contribution in [0.4, 0.5) is 16.0 Å². The van der Waals surface area contributed by atoms with Crippen molar-refractivity contribution in [1.29, 1.82) is 0 Å². The van der Waals surface area contributed by atoms with Crippen LogP contribution < -0.4 is 14.5 Å². The van der Waals surface area contributed by atoms with E-state index in [4.69, 9.17) is 4.74 Å². The van der Waals surface area contributed by atoms with Crippen molar-refractivity contribution in [2.75, 3.05) is 56.7 Å². The van der Waals surface area contributed by atoms with E-state index >= 15 is 0 Å². The Balaban J connectivity index is 1.74. The molecule has 0 spiro atoms. The van der Waals surface area contributed by atoms with Crippen LogP contribution in [0.25, 0.3) is 0 Å². The molecule has 2 aromatic rings. The molecule has 1 saturated heterocycles. The minimum absolute atomic E-state index is 0.0482. The van der Waals surface area contributed by atoms with Gasteiger partial charge in [-0.2, -0.15) is 4.31 Å². The number of aryl methyl sites for hydroxylation is 1. The first-order valence-electron chi connectivity index (χ1n) is 9.43. The highest BCUT2D eigenvalue weighted by Crippen LogP contribution is 2.25. The molecule has 29 heavy (non-hydrogen) atoms. The zero-order valence-electron chi connectivity index (χ0n) is 17.1. The Morgan fingerprint density at radius 3 is 2.41 bits per heavy atom. The molecule has 0 bridgehead atoms. The highest BCUT2D eigenvalue weighted by Gasteiger charge is 2.30. The third-order valence-corrected chi connectivity index (χ3v) is 6.57. The normalized spacial score (nSPS) is 15.4. The molecule has 3 rings (SSSR count). The van der Waals surface area contributed by atoms with Gasteiger partial charge in [0.25, 0.3) is 0 Å². The molecule has 158 valence electrons. The molecule has 1 aromatic heterocycles. The maximum atomic E-state index is 14.1. The maximum Gasteiger partial charge on any atom is 0.243 e. The molecule has 8 nitrogen and oxygen atoms in total. The van der Waals surface area contributed by atoms with Gasteiger partial charge in [-0.1, -0.05) is 0 Å². The minimum Gasteiger partial charge on any atom is -0.491 e. The Bertz CT molecular complexity index is 976. The lowest BCUT2D eigenvalue weighted by molar-refractivity contribution is 0.321. The van der Waals surface area contributed by atoms with Crippen LogP contribution in [0.5, 0.6) is 5.75 Å². The lowest BCUT2D eigenvalue weighted by atomic mass is 10.3. The van der Waals surface area contributed by atoms with Crippen molar-refractivity contribution in [2.24, 2.45) is 0 Å². The van der Waals surface area contributed by atoms with Gasteiger partial charge in [0.1, 0.15) is 17.5 Å². The molecule has 1 aliphatic heterocycles. The van der Waals surface area contributed by atoms with Gasteiger partial charge in [0.2, 0.25) is 10.0 Å². The number of nitrogens with zero attached hydrogens (tertiary/aromatic N) is 5. The van der Waals surface area contributed by atoms with E-state index in [1.165, 1.54) is 16.4 Å². The van der Waals surface area contributed by atoms with Crippen molar-refractivity contribution >= 4 is 21.7 Å². The fraction of sp³-hybridized carbons (Fsp3) is 0.474. The fourth-order valence-electron chi connectivity index (χ4n) is 3.15. The van der Waals surface area contributed by atoms with Gasteiger partial charge in [-0.25, -0.2) is 22.8 Å². The van der Waals surface area contributed by atoms with Crippen molar-refractivity contribution in [1.82, 2.24) is 14.3 Å². The topological polar surface area (TPSA) is 78.9 Å². The predicted molar refractivity (Wildman–Crippen MR) is 110 cm³/mol. The van der Waals surface area contributed by atoms with Crippen LogP contribution in [0.2, 0.25) is 0 Å². The van der Waals surface area contributed by atoms with Gasteiger partial charge < -0.3 is 14.5 Å². The highest BCUT2D eigenvalue weighted by atomic mass is 32.2. The second kappa shape index (κ2) is 8.50. The number of anilines is 2. The molecular weight excluding hydrogens is 397 g/mol. The zero-order chi connectivity index (χ0) is 21.2. The van der Waals surface area contributed by atoms with Crippen molar-refractivity contribution in [3.63, 3.8) is 0 Å². The summed E-state index contributed by atoms with van der Waals surface area (Å²) < 4.78 is 46.5. The molecule has 1 aliphatic rings. The SMILES string of the molecule is CCOc1ccc(S(=O)(=O)N2CCN(c3cc(N(C)C)nc(C)n3)CC2)cc1F. The average molecular weight is 424 g/mol. The minimum atomic E-state index is -3.78. The Morgan fingerprint density at radius 2 is 1.83 bits per heavy atom. The molecule has 10 heteroatoms. The van der Waals surface area contributed by atoms with Gasteiger partial charge in [-0.15, -0.1) is 0 Å². The number of halogens is 1. The Morgan fingerprint density at radius 1 is 1.14 bits per heavy atom. The summed E-state index contributed by atoms with van der Waals surface area (Å²) in [5.41, 5.74) is 0. The molecule has 0 atom stereocenters. The van der Waals surface area contributed by atoms with E-state index in [2.05, 4.69) is 9.97 Å². The van der Waals surface area contributed by atoms with E-state index in [1.54, 1.807) is 6.92 Å². The number of sulfonamides is 1. The lowest BCUT2D eigenvalue weighted by Gasteiger charge is -2.35. The van der Waals surface area contributed by atoms with E-state index in [9.17, 15) is 12.8 Å². The van der Waals surface area contributed by atoms with Gasteiger partial charge >= 0.3 is 0 Å². The summed E-state index contributed by atoms with van der Waals surface area (Å²) in [6.45, 7) is 5.43. The first-order valence-corrected chi connectivity index (χ1v) is 10.9. The van der Waals surface area contributed by atoms with E-state index in [0.717, 1.165) is 17.7 Å². The number of piperazine rings is 1. The summed E-state index contributed by atoms with van der Waals surface area (Å²) in [6, 6.07) is 5.64. The molecule has 0 radical (unpaired) electrons. The van der Waals surface area contributed by atoms with Gasteiger partial charge in [0.05, 0.1) is 11.5 Å². The summed E-state index contributed by atoms with van der Waals surface area (Å²) in [5.74, 6) is 1.59. The number of benzene rings is 1. The maximum absolute atomic E-state index is 14.1. The second-order valence-electron chi connectivity index (χ2n) is 6.94. The first-order chi connectivity index (χ1) is 13.7. The standard InChI is InChI=1S/C19H26FN5O3S/c1-5-28-17-7-6-15(12-16(17)20)29(26,27)25-10-8-24(9-11-25)19-13-18(23(3)4)21-14(2)22-19/h6-7,12-13H,5,8-11H2,1-4H3. The Labute approximate surface area is 171 Å². The molecular formula is C19H26FN5O3S. The van der Waals surface area contributed by atoms with E-state index in [-0.39, 0.29) is 23.7 Å². The van der Waals surface area contributed by atoms with E-state index in [1.807, 2.05) is 36.9 Å². The first kappa shape index (κ1) is 21.3. The van der Waals surface area contributed by atoms with Crippen LogP contribution in [0.15, 0.2) is 29.2 Å². The molecule has 0 N–H and O–H groups in total.